The monoisotopic (exact) mass is 247 g/mol. The molecule has 0 unspecified atom stereocenters. The number of nitrogens with zero attached hydrogens (tertiary/aromatic N) is 1. The number of aromatic nitrogens is 1. The van der Waals surface area contributed by atoms with Gasteiger partial charge in [0.15, 0.2) is 0 Å². The summed E-state index contributed by atoms with van der Waals surface area (Å²) in [6, 6.07) is 4.38. The first-order valence-corrected chi connectivity index (χ1v) is 6.74. The van der Waals surface area contributed by atoms with Crippen molar-refractivity contribution >= 4 is 17.4 Å². The van der Waals surface area contributed by atoms with Gasteiger partial charge >= 0.3 is 0 Å². The van der Waals surface area contributed by atoms with Crippen molar-refractivity contribution in [3.05, 3.63) is 18.3 Å². The van der Waals surface area contributed by atoms with E-state index < -0.39 is 0 Å². The van der Waals surface area contributed by atoms with Crippen LogP contribution in [0.15, 0.2) is 18.3 Å². The molecule has 0 aromatic carbocycles. The van der Waals surface area contributed by atoms with E-state index in [-0.39, 0.29) is 5.91 Å². The van der Waals surface area contributed by atoms with E-state index in [1.807, 2.05) is 12.1 Å². The smallest absolute Gasteiger partial charge is 0.222 e. The van der Waals surface area contributed by atoms with Crippen LogP contribution in [0.3, 0.4) is 0 Å². The van der Waals surface area contributed by atoms with E-state index in [1.165, 1.54) is 45.4 Å². The van der Waals surface area contributed by atoms with Crippen molar-refractivity contribution in [1.82, 2.24) is 4.98 Å². The van der Waals surface area contributed by atoms with Crippen LogP contribution in [0.5, 0.6) is 0 Å². The van der Waals surface area contributed by atoms with Gasteiger partial charge in [-0.15, -0.1) is 0 Å². The predicted molar refractivity (Wildman–Crippen MR) is 73.7 cm³/mol. The molecule has 0 aliphatic heterocycles. The van der Waals surface area contributed by atoms with Crippen molar-refractivity contribution in [2.45, 2.75) is 51.5 Å². The molecule has 1 heterocycles. The molecule has 1 aromatic rings. The van der Waals surface area contributed by atoms with E-state index in [0.29, 0.717) is 11.9 Å². The van der Waals surface area contributed by atoms with Gasteiger partial charge in [0.2, 0.25) is 5.91 Å². The quantitative estimate of drug-likeness (QED) is 0.807. The van der Waals surface area contributed by atoms with Crippen LogP contribution in [0.25, 0.3) is 0 Å². The Labute approximate surface area is 108 Å². The fraction of sp³-hybridized carbons (Fsp3) is 0.571. The van der Waals surface area contributed by atoms with E-state index in [9.17, 15) is 4.79 Å². The summed E-state index contributed by atoms with van der Waals surface area (Å²) in [5.41, 5.74) is 1.04. The maximum Gasteiger partial charge on any atom is 0.222 e. The highest BCUT2D eigenvalue weighted by atomic mass is 16.1. The van der Waals surface area contributed by atoms with Crippen molar-refractivity contribution in [2.75, 3.05) is 10.6 Å². The van der Waals surface area contributed by atoms with E-state index in [2.05, 4.69) is 15.6 Å². The van der Waals surface area contributed by atoms with Crippen LogP contribution >= 0.6 is 0 Å². The zero-order valence-electron chi connectivity index (χ0n) is 10.9. The van der Waals surface area contributed by atoms with Crippen molar-refractivity contribution in [2.24, 2.45) is 0 Å². The summed E-state index contributed by atoms with van der Waals surface area (Å²) in [7, 11) is 0. The Balaban J connectivity index is 1.90. The molecule has 0 saturated heterocycles. The molecule has 2 N–H and O–H groups in total. The molecular weight excluding hydrogens is 226 g/mol. The third-order valence-corrected chi connectivity index (χ3v) is 3.29. The van der Waals surface area contributed by atoms with Crippen molar-refractivity contribution in [3.63, 3.8) is 0 Å². The molecule has 98 valence electrons. The minimum absolute atomic E-state index is 0.0908. The standard InChI is InChI=1S/C14H21N3O/c1-11(18)16-14-9-8-13(10-15-14)17-12-6-4-2-3-5-7-12/h8-10,12,17H,2-7H2,1H3,(H,15,16,18). The van der Waals surface area contributed by atoms with Gasteiger partial charge in [0.25, 0.3) is 0 Å². The van der Waals surface area contributed by atoms with E-state index >= 15 is 0 Å². The van der Waals surface area contributed by atoms with Gasteiger partial charge in [-0.3, -0.25) is 4.79 Å². The number of hydrogen-bond donors (Lipinski definition) is 2. The zero-order chi connectivity index (χ0) is 12.8. The molecule has 2 rings (SSSR count). The molecule has 0 radical (unpaired) electrons. The zero-order valence-corrected chi connectivity index (χ0v) is 10.9. The molecular formula is C14H21N3O. The molecule has 0 bridgehead atoms. The Morgan fingerprint density at radius 2 is 1.94 bits per heavy atom. The van der Waals surface area contributed by atoms with Gasteiger partial charge in [-0.25, -0.2) is 4.98 Å². The molecule has 4 heteroatoms. The number of anilines is 2. The van der Waals surface area contributed by atoms with Gasteiger partial charge in [0.1, 0.15) is 5.82 Å². The first kappa shape index (κ1) is 12.9. The van der Waals surface area contributed by atoms with Crippen LogP contribution in [0.1, 0.15) is 45.4 Å². The predicted octanol–water partition coefficient (Wildman–Crippen LogP) is 3.17. The third-order valence-electron chi connectivity index (χ3n) is 3.29. The molecule has 1 aliphatic rings. The van der Waals surface area contributed by atoms with Crippen LogP contribution in [-0.2, 0) is 4.79 Å². The first-order chi connectivity index (χ1) is 8.74. The molecule has 1 aliphatic carbocycles. The number of pyridine rings is 1. The van der Waals surface area contributed by atoms with Crippen LogP contribution in [0.4, 0.5) is 11.5 Å². The second kappa shape index (κ2) is 6.38. The number of rotatable bonds is 3. The van der Waals surface area contributed by atoms with Crippen molar-refractivity contribution in [3.8, 4) is 0 Å². The Morgan fingerprint density at radius 1 is 1.22 bits per heavy atom. The maximum absolute atomic E-state index is 10.9. The van der Waals surface area contributed by atoms with Crippen LogP contribution < -0.4 is 10.6 Å². The van der Waals surface area contributed by atoms with Gasteiger partial charge < -0.3 is 10.6 Å². The van der Waals surface area contributed by atoms with E-state index in [1.54, 1.807) is 6.20 Å². The molecule has 0 spiro atoms. The highest BCUT2D eigenvalue weighted by Crippen LogP contribution is 2.21. The van der Waals surface area contributed by atoms with Crippen LogP contribution in [0.2, 0.25) is 0 Å². The van der Waals surface area contributed by atoms with E-state index in [4.69, 9.17) is 0 Å². The summed E-state index contributed by atoms with van der Waals surface area (Å²) in [5, 5.41) is 6.19. The average Bonchev–Trinajstić information content (AvgIpc) is 2.60. The van der Waals surface area contributed by atoms with Gasteiger partial charge in [0, 0.05) is 13.0 Å². The Morgan fingerprint density at radius 3 is 2.50 bits per heavy atom. The second-order valence-electron chi connectivity index (χ2n) is 4.95. The molecule has 0 atom stereocenters. The highest BCUT2D eigenvalue weighted by molar-refractivity contribution is 5.87. The molecule has 4 nitrogen and oxygen atoms in total. The lowest BCUT2D eigenvalue weighted by molar-refractivity contribution is -0.114. The Bertz CT molecular complexity index is 381. The van der Waals surface area contributed by atoms with Crippen LogP contribution in [-0.4, -0.2) is 16.9 Å². The minimum atomic E-state index is -0.0908. The molecule has 1 amide bonds. The average molecular weight is 247 g/mol. The normalized spacial score (nSPS) is 16.9. The molecule has 1 fully saturated rings. The largest absolute Gasteiger partial charge is 0.381 e. The number of carbonyl (C=O) groups excluding carboxylic acids is 1. The third kappa shape index (κ3) is 4.02. The summed E-state index contributed by atoms with van der Waals surface area (Å²) >= 11 is 0. The summed E-state index contributed by atoms with van der Waals surface area (Å²) in [5.74, 6) is 0.515. The summed E-state index contributed by atoms with van der Waals surface area (Å²) in [6.45, 7) is 1.49. The first-order valence-electron chi connectivity index (χ1n) is 6.74. The lowest BCUT2D eigenvalue weighted by Crippen LogP contribution is -2.18. The van der Waals surface area contributed by atoms with Gasteiger partial charge in [-0.2, -0.15) is 0 Å². The fourth-order valence-electron chi connectivity index (χ4n) is 2.39. The second-order valence-corrected chi connectivity index (χ2v) is 4.95. The molecule has 1 saturated carbocycles. The van der Waals surface area contributed by atoms with Gasteiger partial charge in [-0.1, -0.05) is 25.7 Å². The molecule has 18 heavy (non-hydrogen) atoms. The Kier molecular flexibility index (Phi) is 4.56. The van der Waals surface area contributed by atoms with Gasteiger partial charge in [0.05, 0.1) is 11.9 Å². The SMILES string of the molecule is CC(=O)Nc1ccc(NC2CCCCCC2)cn1. The number of amides is 1. The minimum Gasteiger partial charge on any atom is -0.381 e. The fourth-order valence-corrected chi connectivity index (χ4v) is 2.39. The van der Waals surface area contributed by atoms with Crippen molar-refractivity contribution in [1.29, 1.82) is 0 Å². The number of hydrogen-bond acceptors (Lipinski definition) is 3. The lowest BCUT2D eigenvalue weighted by atomic mass is 10.1. The maximum atomic E-state index is 10.9. The Hall–Kier alpha value is -1.58. The number of carbonyl (C=O) groups is 1. The molecule has 1 aromatic heterocycles. The van der Waals surface area contributed by atoms with Crippen LogP contribution in [0, 0.1) is 0 Å². The summed E-state index contributed by atoms with van der Waals surface area (Å²) in [4.78, 5) is 15.1. The number of nitrogens with one attached hydrogen (secondary N) is 2. The van der Waals surface area contributed by atoms with Crippen molar-refractivity contribution < 1.29 is 4.79 Å². The van der Waals surface area contributed by atoms with E-state index in [0.717, 1.165) is 5.69 Å². The summed E-state index contributed by atoms with van der Waals surface area (Å²) < 4.78 is 0. The highest BCUT2D eigenvalue weighted by Gasteiger charge is 2.11. The lowest BCUT2D eigenvalue weighted by Gasteiger charge is -2.17. The van der Waals surface area contributed by atoms with Gasteiger partial charge in [-0.05, 0) is 25.0 Å². The topological polar surface area (TPSA) is 54.0 Å². The summed E-state index contributed by atoms with van der Waals surface area (Å²) in [6.07, 6.45) is 9.62.